The Hall–Kier alpha value is -4.42. The van der Waals surface area contributed by atoms with Crippen LogP contribution in [0.15, 0.2) is 54.0 Å². The van der Waals surface area contributed by atoms with Crippen LogP contribution in [0.3, 0.4) is 0 Å². The summed E-state index contributed by atoms with van der Waals surface area (Å²) in [6.45, 7) is 6.07. The van der Waals surface area contributed by atoms with Crippen LogP contribution in [0.25, 0.3) is 11.3 Å². The molecule has 1 fully saturated rings. The number of pyridine rings is 2. The first-order valence-electron chi connectivity index (χ1n) is 13.6. The van der Waals surface area contributed by atoms with Gasteiger partial charge in [0.15, 0.2) is 0 Å². The predicted octanol–water partition coefficient (Wildman–Crippen LogP) is 4.44. The van der Waals surface area contributed by atoms with Crippen molar-refractivity contribution in [1.29, 1.82) is 0 Å². The van der Waals surface area contributed by atoms with Crippen LogP contribution < -0.4 is 15.0 Å². The molecule has 42 heavy (non-hydrogen) atoms. The number of carbonyl (C=O) groups excluding carboxylic acids is 2. The Kier molecular flexibility index (Phi) is 7.33. The molecule has 5 heterocycles. The third-order valence-corrected chi connectivity index (χ3v) is 8.26. The zero-order valence-electron chi connectivity index (χ0n) is 23.8. The molecule has 0 spiro atoms. The molecule has 0 aliphatic carbocycles. The molecule has 1 N–H and O–H groups in total. The monoisotopic (exact) mass is 585 g/mol. The number of anilines is 2. The summed E-state index contributed by atoms with van der Waals surface area (Å²) in [5.41, 5.74) is 4.36. The smallest absolute Gasteiger partial charge is 0.254 e. The molecule has 12 heteroatoms. The van der Waals surface area contributed by atoms with Crippen LogP contribution in [0, 0.1) is 5.41 Å². The molecular weight excluding hydrogens is 554 g/mol. The van der Waals surface area contributed by atoms with Crippen molar-refractivity contribution in [3.05, 3.63) is 70.7 Å². The Morgan fingerprint density at radius 3 is 2.33 bits per heavy atom. The van der Waals surface area contributed by atoms with Gasteiger partial charge in [-0.3, -0.25) is 9.59 Å². The number of benzene rings is 1. The zero-order valence-corrected chi connectivity index (χ0v) is 24.6. The Morgan fingerprint density at radius 1 is 0.976 bits per heavy atom. The summed E-state index contributed by atoms with van der Waals surface area (Å²) in [5.74, 6) is 0.907. The van der Waals surface area contributed by atoms with Crippen molar-refractivity contribution in [1.82, 2.24) is 25.1 Å². The fourth-order valence-corrected chi connectivity index (χ4v) is 5.73. The summed E-state index contributed by atoms with van der Waals surface area (Å²) in [7, 11) is 3.82. The number of amides is 2. The number of carbonyl (C=O) groups is 2. The van der Waals surface area contributed by atoms with Gasteiger partial charge in [-0.15, -0.1) is 10.2 Å². The molecule has 1 unspecified atom stereocenters. The normalized spacial score (nSPS) is 16.2. The average molecular weight is 586 g/mol. The van der Waals surface area contributed by atoms with Crippen LogP contribution in [0.4, 0.5) is 10.9 Å². The van der Waals surface area contributed by atoms with Crippen LogP contribution in [-0.2, 0) is 9.53 Å². The fourth-order valence-electron chi connectivity index (χ4n) is 5.29. The van der Waals surface area contributed by atoms with Gasteiger partial charge < -0.3 is 24.6 Å². The molecule has 6 rings (SSSR count). The zero-order chi connectivity index (χ0) is 29.4. The number of hydrogen-bond acceptors (Lipinski definition) is 10. The minimum atomic E-state index is -0.926. The number of nitrogens with zero attached hydrogens (tertiary/aromatic N) is 6. The van der Waals surface area contributed by atoms with Crippen LogP contribution in [0.5, 0.6) is 11.8 Å². The largest absolute Gasteiger partial charge is 0.420 e. The molecule has 2 aliphatic rings. The van der Waals surface area contributed by atoms with Gasteiger partial charge in [0, 0.05) is 55.4 Å². The van der Waals surface area contributed by atoms with Gasteiger partial charge in [-0.1, -0.05) is 43.4 Å². The summed E-state index contributed by atoms with van der Waals surface area (Å²) < 4.78 is 11.7. The molecule has 4 aromatic rings. The Morgan fingerprint density at radius 2 is 1.67 bits per heavy atom. The van der Waals surface area contributed by atoms with E-state index in [1.807, 2.05) is 81.4 Å². The number of rotatable bonds is 6. The highest BCUT2D eigenvalue weighted by Crippen LogP contribution is 2.51. The second-order valence-electron chi connectivity index (χ2n) is 11.0. The highest BCUT2D eigenvalue weighted by molar-refractivity contribution is 7.13. The molecule has 0 saturated carbocycles. The molecule has 0 radical (unpaired) electrons. The lowest BCUT2D eigenvalue weighted by molar-refractivity contribution is -0.124. The molecule has 3 aromatic heterocycles. The van der Waals surface area contributed by atoms with Crippen molar-refractivity contribution < 1.29 is 19.1 Å². The van der Waals surface area contributed by atoms with Crippen molar-refractivity contribution in [2.24, 2.45) is 5.41 Å². The molecule has 11 nitrogen and oxygen atoms in total. The van der Waals surface area contributed by atoms with Gasteiger partial charge in [0.25, 0.3) is 5.91 Å². The maximum absolute atomic E-state index is 13.6. The summed E-state index contributed by atoms with van der Waals surface area (Å²) in [4.78, 5) is 39.8. The predicted molar refractivity (Wildman–Crippen MR) is 159 cm³/mol. The van der Waals surface area contributed by atoms with Crippen molar-refractivity contribution in [2.75, 3.05) is 50.6 Å². The van der Waals surface area contributed by atoms with E-state index in [9.17, 15) is 9.59 Å². The third kappa shape index (κ3) is 5.19. The second kappa shape index (κ2) is 11.1. The van der Waals surface area contributed by atoms with E-state index in [1.54, 1.807) is 10.4 Å². The van der Waals surface area contributed by atoms with E-state index in [2.05, 4.69) is 15.5 Å². The van der Waals surface area contributed by atoms with Crippen LogP contribution >= 0.6 is 11.3 Å². The van der Waals surface area contributed by atoms with Gasteiger partial charge >= 0.3 is 0 Å². The molecular formula is C30H31N7O4S. The van der Waals surface area contributed by atoms with Crippen LogP contribution in [-0.4, -0.2) is 77.3 Å². The van der Waals surface area contributed by atoms with Crippen molar-refractivity contribution in [3.8, 4) is 23.0 Å². The van der Waals surface area contributed by atoms with Crippen molar-refractivity contribution >= 4 is 34.1 Å². The summed E-state index contributed by atoms with van der Waals surface area (Å²) in [6.07, 6.45) is 0. The van der Waals surface area contributed by atoms with Gasteiger partial charge in [-0.05, 0) is 30.3 Å². The first-order valence-corrected chi connectivity index (χ1v) is 14.5. The molecule has 0 bridgehead atoms. The van der Waals surface area contributed by atoms with E-state index in [0.29, 0.717) is 54.5 Å². The Bertz CT molecular complexity index is 1620. The van der Waals surface area contributed by atoms with Crippen molar-refractivity contribution in [3.63, 3.8) is 0 Å². The number of ether oxygens (including phenoxy) is 2. The Balaban J connectivity index is 1.35. The van der Waals surface area contributed by atoms with Gasteiger partial charge in [-0.2, -0.15) is 4.98 Å². The van der Waals surface area contributed by atoms with Crippen LogP contribution in [0.2, 0.25) is 0 Å². The van der Waals surface area contributed by atoms with E-state index in [-0.39, 0.29) is 11.8 Å². The minimum Gasteiger partial charge on any atom is -0.420 e. The van der Waals surface area contributed by atoms with E-state index >= 15 is 0 Å². The van der Waals surface area contributed by atoms with Crippen LogP contribution in [0.1, 0.15) is 41.3 Å². The highest BCUT2D eigenvalue weighted by Gasteiger charge is 2.45. The molecule has 216 valence electrons. The Labute approximate surface area is 247 Å². The van der Waals surface area contributed by atoms with E-state index in [1.165, 1.54) is 11.3 Å². The molecule has 1 saturated heterocycles. The van der Waals surface area contributed by atoms with E-state index in [4.69, 9.17) is 19.4 Å². The lowest BCUT2D eigenvalue weighted by atomic mass is 9.70. The van der Waals surface area contributed by atoms with Gasteiger partial charge in [0.1, 0.15) is 11.3 Å². The maximum atomic E-state index is 13.6. The molecule has 2 amide bonds. The number of morpholine rings is 1. The lowest BCUT2D eigenvalue weighted by Crippen LogP contribution is -2.40. The number of fused-ring (bicyclic) bond motifs is 2. The second-order valence-corrected chi connectivity index (χ2v) is 11.8. The highest BCUT2D eigenvalue weighted by atomic mass is 32.1. The SMILES string of the molecule is CN(C)c1ccc2c(n1)Oc1nc(-c3ccc(C(=O)N4CCOCC4)cc3)ccc1C2C(C)(C)C(=O)Nc1nncs1. The number of aromatic nitrogens is 4. The van der Waals surface area contributed by atoms with Gasteiger partial charge in [-0.25, -0.2) is 4.98 Å². The van der Waals surface area contributed by atoms with Crippen molar-refractivity contribution in [2.45, 2.75) is 19.8 Å². The van der Waals surface area contributed by atoms with E-state index < -0.39 is 11.3 Å². The number of nitrogens with one attached hydrogen (secondary N) is 1. The molecule has 1 atom stereocenters. The third-order valence-electron chi connectivity index (χ3n) is 7.65. The summed E-state index contributed by atoms with van der Waals surface area (Å²) >= 11 is 1.26. The van der Waals surface area contributed by atoms with Gasteiger partial charge in [0.05, 0.1) is 24.3 Å². The molecule has 1 aromatic carbocycles. The quantitative estimate of drug-likeness (QED) is 0.350. The maximum Gasteiger partial charge on any atom is 0.254 e. The first kappa shape index (κ1) is 27.7. The topological polar surface area (TPSA) is 123 Å². The summed E-state index contributed by atoms with van der Waals surface area (Å²) in [6, 6.07) is 15.2. The minimum absolute atomic E-state index is 0.0113. The number of hydrogen-bond donors (Lipinski definition) is 1. The van der Waals surface area contributed by atoms with E-state index in [0.717, 1.165) is 22.5 Å². The standard InChI is InChI=1S/C30H31N7O4S/c1-30(2,28(39)34-29-35-31-17-42-29)24-20-9-11-22(32-25(20)41-26-21(24)10-12-23(33-26)36(3)4)18-5-7-19(8-6-18)27(38)37-13-15-40-16-14-37/h5-12,17,24H,13-16H2,1-4H3,(H,34,35,39). The summed E-state index contributed by atoms with van der Waals surface area (Å²) in [5, 5.41) is 11.1. The lowest BCUT2D eigenvalue weighted by Gasteiger charge is -2.37. The van der Waals surface area contributed by atoms with Gasteiger partial charge in [0.2, 0.25) is 22.8 Å². The average Bonchev–Trinajstić information content (AvgIpc) is 3.52. The molecule has 2 aliphatic heterocycles. The fraction of sp³-hybridized carbons (Fsp3) is 0.333. The first-order chi connectivity index (χ1) is 20.2.